The Hall–Kier alpha value is -11.5. The number of ketones is 1. The number of Topliss-reactive ketones (excluding diaryl/α,β-unsaturated/α-hetero) is 1. The molecule has 10 heterocycles. The van der Waals surface area contributed by atoms with E-state index in [0.717, 1.165) is 62.9 Å². The molecule has 11 rings (SSSR count). The van der Waals surface area contributed by atoms with E-state index in [-0.39, 0.29) is 78.3 Å². The summed E-state index contributed by atoms with van der Waals surface area (Å²) in [6.07, 6.45) is 26.7. The second-order valence-corrected chi connectivity index (χ2v) is 39.2. The zero-order valence-corrected chi connectivity index (χ0v) is 87.9. The molecule has 5 N–H and O–H groups in total. The first-order chi connectivity index (χ1) is 59.7. The molecule has 33 heteroatoms. The van der Waals surface area contributed by atoms with Crippen LogP contribution in [-0.4, -0.2) is 162 Å². The van der Waals surface area contributed by atoms with Crippen LogP contribution in [-0.2, 0) is 94.0 Å². The van der Waals surface area contributed by atoms with Gasteiger partial charge in [0.2, 0.25) is 17.6 Å². The lowest BCUT2D eigenvalue weighted by Crippen LogP contribution is -2.16. The van der Waals surface area contributed by atoms with Crippen LogP contribution in [0, 0.1) is 6.92 Å². The van der Waals surface area contributed by atoms with Crippen molar-refractivity contribution in [3.05, 3.63) is 197 Å². The van der Waals surface area contributed by atoms with Gasteiger partial charge in [0, 0.05) is 182 Å². The number of benzene rings is 1. The molecule has 0 aliphatic heterocycles. The number of nitrogens with one attached hydrogen (secondary N) is 5. The van der Waals surface area contributed by atoms with Crippen molar-refractivity contribution < 1.29 is 70.4 Å². The minimum atomic E-state index is -0.402. The summed E-state index contributed by atoms with van der Waals surface area (Å²) in [6.45, 7) is 68.4. The van der Waals surface area contributed by atoms with Crippen LogP contribution in [0.4, 0.5) is 0 Å². The molecule has 130 heavy (non-hydrogen) atoms. The molecule has 0 aliphatic rings. The lowest BCUT2D eigenvalue weighted by molar-refractivity contribution is -0.138. The summed E-state index contributed by atoms with van der Waals surface area (Å²) in [6, 6.07) is 8.92. The lowest BCUT2D eigenvalue weighted by atomic mass is 9.96. The third kappa shape index (κ3) is 58.9. The van der Waals surface area contributed by atoms with Gasteiger partial charge in [0.15, 0.2) is 29.2 Å². The number of aryl methyl sites for hydroxylation is 2. The number of amides is 2. The summed E-state index contributed by atoms with van der Waals surface area (Å²) < 4.78 is 46.1. The topological polar surface area (TPSA) is 402 Å². The zero-order valence-electron chi connectivity index (χ0n) is 86.3. The van der Waals surface area contributed by atoms with Crippen molar-refractivity contribution in [2.24, 2.45) is 7.05 Å². The minimum absolute atomic E-state index is 0.00463. The van der Waals surface area contributed by atoms with E-state index in [1.165, 1.54) is 54.0 Å². The highest BCUT2D eigenvalue weighted by atomic mass is 32.1. The highest BCUT2D eigenvalue weighted by molar-refractivity contribution is 7.10. The number of nitrogens with zero attached hydrogens (tertiary/aromatic N) is 11. The van der Waals surface area contributed by atoms with Crippen molar-refractivity contribution in [2.75, 3.05) is 56.8 Å². The Morgan fingerprint density at radius 1 is 0.423 bits per heavy atom. The number of rotatable bonds is 6. The first-order valence-electron chi connectivity index (χ1n) is 42.1. The van der Waals surface area contributed by atoms with E-state index in [1.54, 1.807) is 145 Å². The average molecular weight is 1850 g/mol. The van der Waals surface area contributed by atoms with Gasteiger partial charge in [0.05, 0.1) is 77.0 Å². The van der Waals surface area contributed by atoms with Crippen LogP contribution in [0.1, 0.15) is 302 Å². The summed E-state index contributed by atoms with van der Waals surface area (Å²) in [5.74, 6) is 7.88. The Bertz CT molecular complexity index is 4270. The third-order valence-electron chi connectivity index (χ3n) is 15.5. The Balaban J connectivity index is -0.000000667. The van der Waals surface area contributed by atoms with E-state index in [2.05, 4.69) is 287 Å². The van der Waals surface area contributed by atoms with E-state index >= 15 is 0 Å². The fourth-order valence-electron chi connectivity index (χ4n) is 8.16. The fourth-order valence-corrected chi connectivity index (χ4v) is 9.96. The molecule has 1 aromatic carbocycles. The number of carbonyl (C=O) groups is 6. The van der Waals surface area contributed by atoms with Crippen LogP contribution in [0.3, 0.4) is 0 Å². The van der Waals surface area contributed by atoms with Crippen LogP contribution in [0.2, 0.25) is 0 Å². The SMILES string of the molecule is CC(C)(C)c1ncc[nH]1.CC(C)(C)c1ncc[nH]1.CC(C)(C)c1ncc[nH]1.CC(C)(C)c1ncco1.CC(C)(C)c1ncco1.CC(C)(C)c1ncco1.CCC(C)=O.CNC(C)=O.CNC(C)=O.COC(=O)c1ccccn1.COC(C)=O.COC(C)=O.COc1cc(-c2csc(C(C)(C)C)n2)cc(OC)c1OC.Cc1csc(C(C)(C)C)n1.Cn1ccnc1C(C)(C)C. The van der Waals surface area contributed by atoms with E-state index < -0.39 is 5.97 Å². The van der Waals surface area contributed by atoms with Crippen molar-refractivity contribution in [3.63, 3.8) is 0 Å². The van der Waals surface area contributed by atoms with Crippen molar-refractivity contribution in [1.82, 2.24) is 80.0 Å². The van der Waals surface area contributed by atoms with E-state index in [4.69, 9.17) is 32.4 Å². The van der Waals surface area contributed by atoms with E-state index in [0.29, 0.717) is 29.4 Å². The standard InChI is InChI=1S/C16H21NO3S.C8H14N2.C8H13NS.3C7H12N2.C7H7NO2.3C7H11NO.C4H8O.2C3H7NO.2C3H6O2/c1-16(2,3)15-17-11(9-21-15)10-7-12(18-4)14(20-6)13(8-10)19-5;1-8(2,3)7-9-5-6-10(7)4;1-6-5-10-7(9-6)8(2,3)4;3*1-7(2,3)6-8-4-5-9-6;1-10-7(9)6-4-2-3-5-8-6;3*1-7(2,3)6-8-4-5-9-6;1-3-4(2)5;2*1-3(5)4-2;2*1-3(4)5-2/h7-9H,1-6H3;5-6H,1-4H3;5H,1-4H3;3*4-5H,1-3H3,(H,8,9);2-5H,1H3;3*4-5H,1-3H3;3H2,1-2H3;2*1-2H3,(H,4,5);2*1-2H3. The van der Waals surface area contributed by atoms with Crippen LogP contribution < -0.4 is 24.8 Å². The molecule has 0 radical (unpaired) electrons. The minimum Gasteiger partial charge on any atom is -0.493 e. The third-order valence-corrected chi connectivity index (χ3v) is 18.2. The van der Waals surface area contributed by atoms with Gasteiger partial charge in [-0.05, 0) is 38.1 Å². The molecule has 0 spiro atoms. The van der Waals surface area contributed by atoms with Crippen molar-refractivity contribution >= 4 is 58.2 Å². The van der Waals surface area contributed by atoms with Gasteiger partial charge >= 0.3 is 17.9 Å². The van der Waals surface area contributed by atoms with Crippen molar-refractivity contribution in [1.29, 1.82) is 0 Å². The number of ether oxygens (including phenoxy) is 6. The summed E-state index contributed by atoms with van der Waals surface area (Å²) >= 11 is 3.41. The number of methoxy groups -OCH3 is 6. The molecule has 0 saturated carbocycles. The molecule has 10 aromatic heterocycles. The summed E-state index contributed by atoms with van der Waals surface area (Å²) in [7, 11) is 14.1. The summed E-state index contributed by atoms with van der Waals surface area (Å²) in [5.41, 5.74) is 4.38. The Morgan fingerprint density at radius 3 is 0.923 bits per heavy atom. The molecule has 11 aromatic rings. The summed E-state index contributed by atoms with van der Waals surface area (Å²) in [4.78, 5) is 110. The molecule has 0 atom stereocenters. The van der Waals surface area contributed by atoms with Gasteiger partial charge < -0.3 is 76.6 Å². The van der Waals surface area contributed by atoms with E-state index in [1.807, 2.05) is 64.0 Å². The average Bonchev–Trinajstić information content (AvgIpc) is 1.39. The number of hydrogen-bond acceptors (Lipinski definition) is 27. The normalized spacial score (nSPS) is 10.6. The van der Waals surface area contributed by atoms with E-state index in [9.17, 15) is 28.8 Å². The van der Waals surface area contributed by atoms with Gasteiger partial charge in [-0.25, -0.2) is 54.6 Å². The number of carbonyl (C=O) groups excluding carboxylic acids is 6. The quantitative estimate of drug-likeness (QED) is 0.0762. The number of aromatic amines is 3. The second kappa shape index (κ2) is 61.9. The number of aromatic nitrogens is 14. The number of imidazole rings is 4. The first-order valence-corrected chi connectivity index (χ1v) is 43.8. The van der Waals surface area contributed by atoms with Gasteiger partial charge in [-0.15, -0.1) is 22.7 Å². The Labute approximate surface area is 783 Å². The van der Waals surface area contributed by atoms with Crippen LogP contribution >= 0.6 is 22.7 Å². The molecule has 0 bridgehead atoms. The maximum absolute atomic E-state index is 10.7. The predicted molar refractivity (Wildman–Crippen MR) is 522 cm³/mol. The lowest BCUT2D eigenvalue weighted by Gasteiger charge is -2.17. The van der Waals surface area contributed by atoms with Gasteiger partial charge in [-0.1, -0.05) is 200 Å². The van der Waals surface area contributed by atoms with Gasteiger partial charge in [0.25, 0.3) is 0 Å². The van der Waals surface area contributed by atoms with Crippen LogP contribution in [0.5, 0.6) is 17.2 Å². The number of hydrogen-bond donors (Lipinski definition) is 5. The van der Waals surface area contributed by atoms with Gasteiger partial charge in [0.1, 0.15) is 53.6 Å². The highest BCUT2D eigenvalue weighted by Gasteiger charge is 2.24. The summed E-state index contributed by atoms with van der Waals surface area (Å²) in [5, 5.41) is 11.3. The van der Waals surface area contributed by atoms with Crippen LogP contribution in [0.15, 0.2) is 147 Å². The number of oxazole rings is 3. The fraction of sp³-hybridized carbons (Fsp3) is 0.546. The largest absolute Gasteiger partial charge is 0.493 e. The molecule has 0 fully saturated rings. The molecule has 728 valence electrons. The van der Waals surface area contributed by atoms with Gasteiger partial charge in [-0.2, -0.15) is 0 Å². The maximum atomic E-state index is 10.7. The molecule has 0 saturated heterocycles. The predicted octanol–water partition coefficient (Wildman–Crippen LogP) is 21.4. The number of esters is 3. The molecule has 0 aliphatic carbocycles. The van der Waals surface area contributed by atoms with Crippen molar-refractivity contribution in [3.8, 4) is 28.5 Å². The number of pyridine rings is 1. The van der Waals surface area contributed by atoms with Gasteiger partial charge in [-0.3, -0.25) is 19.2 Å². The molecule has 31 nitrogen and oxygen atoms in total. The first kappa shape index (κ1) is 125. The zero-order chi connectivity index (χ0) is 101. The number of H-pyrrole nitrogens is 3. The molecule has 0 unspecified atom stereocenters. The molecular formula is C97H158N16O15S2. The molecular weight excluding hydrogens is 1690 g/mol. The smallest absolute Gasteiger partial charge is 0.356 e. The maximum Gasteiger partial charge on any atom is 0.356 e. The molecule has 2 amide bonds. The van der Waals surface area contributed by atoms with Crippen LogP contribution in [0.25, 0.3) is 11.3 Å². The Morgan fingerprint density at radius 2 is 0.762 bits per heavy atom. The second-order valence-electron chi connectivity index (χ2n) is 37.4. The highest BCUT2D eigenvalue weighted by Crippen LogP contribution is 2.42. The number of thiazole rings is 2. The Kier molecular flexibility index (Phi) is 59.5. The van der Waals surface area contributed by atoms with Crippen molar-refractivity contribution in [2.45, 2.75) is 291 Å². The monoisotopic (exact) mass is 1850 g/mol.